The molecule has 0 unspecified atom stereocenters. The minimum Gasteiger partial charge on any atom is -0.432 e. The zero-order chi connectivity index (χ0) is 7.56. The lowest BCUT2D eigenvalue weighted by molar-refractivity contribution is -0.141. The number of allylic oxidation sites excluding steroid dienone is 2. The van der Waals surface area contributed by atoms with Gasteiger partial charge in [-0.2, -0.15) is 0 Å². The summed E-state index contributed by atoms with van der Waals surface area (Å²) in [5.41, 5.74) is 0. The van der Waals surface area contributed by atoms with Crippen molar-refractivity contribution in [3.05, 3.63) is 11.8 Å². The molecule has 1 atom stereocenters. The first-order chi connectivity index (χ1) is 4.72. The Balaban J connectivity index is 2.63. The van der Waals surface area contributed by atoms with Crippen LogP contribution >= 0.6 is 0 Å². The van der Waals surface area contributed by atoms with Gasteiger partial charge in [0, 0.05) is 0 Å². The van der Waals surface area contributed by atoms with Gasteiger partial charge >= 0.3 is 5.97 Å². The molecular weight excluding hydrogens is 128 g/mol. The van der Waals surface area contributed by atoms with Crippen LogP contribution in [0.4, 0.5) is 0 Å². The Hall–Kier alpha value is -0.790. The second kappa shape index (κ2) is 2.86. The molecule has 0 bridgehead atoms. The average molecular weight is 140 g/mol. The molecule has 0 radical (unpaired) electrons. The molecule has 0 aliphatic carbocycles. The Bertz CT molecular complexity index is 170. The lowest BCUT2D eigenvalue weighted by atomic mass is 10.0. The summed E-state index contributed by atoms with van der Waals surface area (Å²) in [6.07, 6.45) is 3.58. The summed E-state index contributed by atoms with van der Waals surface area (Å²) in [6.45, 7) is 3.90. The second-order valence-corrected chi connectivity index (χ2v) is 2.62. The molecule has 1 aliphatic rings. The fraction of sp³-hybridized carbons (Fsp3) is 0.625. The highest BCUT2D eigenvalue weighted by Gasteiger charge is 2.17. The van der Waals surface area contributed by atoms with E-state index in [2.05, 4.69) is 6.92 Å². The first-order valence-corrected chi connectivity index (χ1v) is 3.61. The monoisotopic (exact) mass is 140 g/mol. The van der Waals surface area contributed by atoms with E-state index in [1.54, 1.807) is 0 Å². The van der Waals surface area contributed by atoms with Crippen molar-refractivity contribution in [3.8, 4) is 0 Å². The van der Waals surface area contributed by atoms with E-state index in [1.165, 1.54) is 0 Å². The van der Waals surface area contributed by atoms with E-state index in [0.717, 1.165) is 12.2 Å². The van der Waals surface area contributed by atoms with Gasteiger partial charge in [-0.3, -0.25) is 4.79 Å². The first-order valence-electron chi connectivity index (χ1n) is 3.61. The number of hydrogen-bond donors (Lipinski definition) is 0. The summed E-state index contributed by atoms with van der Waals surface area (Å²) < 4.78 is 4.84. The minimum atomic E-state index is -0.0909. The van der Waals surface area contributed by atoms with Gasteiger partial charge < -0.3 is 4.74 Å². The number of cyclic esters (lactones) is 1. The van der Waals surface area contributed by atoms with Crippen LogP contribution in [0.3, 0.4) is 0 Å². The van der Waals surface area contributed by atoms with Crippen molar-refractivity contribution in [1.29, 1.82) is 0 Å². The van der Waals surface area contributed by atoms with Gasteiger partial charge in [0.25, 0.3) is 0 Å². The number of esters is 1. The van der Waals surface area contributed by atoms with Crippen LogP contribution in [-0.2, 0) is 9.53 Å². The first kappa shape index (κ1) is 7.32. The molecule has 0 spiro atoms. The molecule has 0 fully saturated rings. The van der Waals surface area contributed by atoms with Gasteiger partial charge in [0.2, 0.25) is 0 Å². The lowest BCUT2D eigenvalue weighted by Gasteiger charge is -2.16. The summed E-state index contributed by atoms with van der Waals surface area (Å²) in [5.74, 6) is 1.07. The van der Waals surface area contributed by atoms with Crippen molar-refractivity contribution in [2.45, 2.75) is 26.7 Å². The van der Waals surface area contributed by atoms with Crippen LogP contribution in [0.1, 0.15) is 26.7 Å². The molecule has 0 aromatic carbocycles. The van der Waals surface area contributed by atoms with Crippen molar-refractivity contribution in [2.24, 2.45) is 5.92 Å². The molecule has 56 valence electrons. The van der Waals surface area contributed by atoms with Crippen LogP contribution < -0.4 is 0 Å². The predicted molar refractivity (Wildman–Crippen MR) is 38.2 cm³/mol. The molecule has 0 N–H and O–H groups in total. The molecule has 2 heteroatoms. The highest BCUT2D eigenvalue weighted by molar-refractivity contribution is 5.72. The highest BCUT2D eigenvalue weighted by atomic mass is 16.5. The van der Waals surface area contributed by atoms with Gasteiger partial charge in [-0.15, -0.1) is 0 Å². The van der Waals surface area contributed by atoms with E-state index >= 15 is 0 Å². The maximum atomic E-state index is 10.8. The van der Waals surface area contributed by atoms with Crippen molar-refractivity contribution < 1.29 is 9.53 Å². The standard InChI is InChI=1S/C8H12O2/c1-3-7-4-6(2)10-8(9)5-7/h4,7H,3,5H2,1-2H3/t7-/m0/s1. The number of carbonyl (C=O) groups excluding carboxylic acids is 1. The molecular formula is C8H12O2. The van der Waals surface area contributed by atoms with E-state index in [4.69, 9.17) is 4.74 Å². The van der Waals surface area contributed by atoms with Gasteiger partial charge in [-0.25, -0.2) is 0 Å². The van der Waals surface area contributed by atoms with Gasteiger partial charge in [-0.05, 0) is 25.3 Å². The third-order valence-electron chi connectivity index (χ3n) is 1.70. The van der Waals surface area contributed by atoms with Crippen molar-refractivity contribution >= 4 is 5.97 Å². The second-order valence-electron chi connectivity index (χ2n) is 2.62. The minimum absolute atomic E-state index is 0.0909. The zero-order valence-electron chi connectivity index (χ0n) is 6.39. The summed E-state index contributed by atoms with van der Waals surface area (Å²) in [7, 11) is 0. The number of hydrogen-bond acceptors (Lipinski definition) is 2. The molecule has 0 saturated heterocycles. The van der Waals surface area contributed by atoms with Crippen LogP contribution in [0, 0.1) is 5.92 Å². The van der Waals surface area contributed by atoms with Crippen molar-refractivity contribution in [1.82, 2.24) is 0 Å². The Labute approximate surface area is 60.9 Å². The fourth-order valence-electron chi connectivity index (χ4n) is 1.12. The number of ether oxygens (including phenoxy) is 1. The molecule has 1 rings (SSSR count). The van der Waals surface area contributed by atoms with Gasteiger partial charge in [0.15, 0.2) is 0 Å². The van der Waals surface area contributed by atoms with Crippen molar-refractivity contribution in [2.75, 3.05) is 0 Å². The summed E-state index contributed by atoms with van der Waals surface area (Å²) in [4.78, 5) is 10.8. The Morgan fingerprint density at radius 3 is 3.00 bits per heavy atom. The van der Waals surface area contributed by atoms with Gasteiger partial charge in [0.05, 0.1) is 6.42 Å². The van der Waals surface area contributed by atoms with E-state index in [-0.39, 0.29) is 5.97 Å². The summed E-state index contributed by atoms with van der Waals surface area (Å²) >= 11 is 0. The Morgan fingerprint density at radius 2 is 2.50 bits per heavy atom. The van der Waals surface area contributed by atoms with E-state index in [9.17, 15) is 4.79 Å². The Kier molecular flexibility index (Phi) is 2.10. The van der Waals surface area contributed by atoms with Crippen LogP contribution in [0.2, 0.25) is 0 Å². The third kappa shape index (κ3) is 1.59. The topological polar surface area (TPSA) is 26.3 Å². The molecule has 0 amide bonds. The maximum absolute atomic E-state index is 10.8. The Morgan fingerprint density at radius 1 is 1.80 bits per heavy atom. The highest BCUT2D eigenvalue weighted by Crippen LogP contribution is 2.19. The van der Waals surface area contributed by atoms with Crippen molar-refractivity contribution in [3.63, 3.8) is 0 Å². The average Bonchev–Trinajstić information content (AvgIpc) is 1.85. The molecule has 1 aliphatic heterocycles. The maximum Gasteiger partial charge on any atom is 0.311 e. The quantitative estimate of drug-likeness (QED) is 0.520. The smallest absolute Gasteiger partial charge is 0.311 e. The van der Waals surface area contributed by atoms with Crippen LogP contribution in [0.5, 0.6) is 0 Å². The third-order valence-corrected chi connectivity index (χ3v) is 1.70. The number of rotatable bonds is 1. The van der Waals surface area contributed by atoms with E-state index in [0.29, 0.717) is 12.3 Å². The van der Waals surface area contributed by atoms with Crippen LogP contribution in [0.25, 0.3) is 0 Å². The molecule has 0 aromatic heterocycles. The lowest BCUT2D eigenvalue weighted by Crippen LogP contribution is -2.14. The van der Waals surface area contributed by atoms with Gasteiger partial charge in [-0.1, -0.05) is 6.92 Å². The summed E-state index contributed by atoms with van der Waals surface area (Å²) in [5, 5.41) is 0. The van der Waals surface area contributed by atoms with E-state index in [1.807, 2.05) is 13.0 Å². The SMILES string of the molecule is CC[C@H]1C=C(C)OC(=O)C1. The van der Waals surface area contributed by atoms with Crippen LogP contribution in [0.15, 0.2) is 11.8 Å². The number of carbonyl (C=O) groups is 1. The van der Waals surface area contributed by atoms with Gasteiger partial charge in [0.1, 0.15) is 5.76 Å². The molecule has 2 nitrogen and oxygen atoms in total. The van der Waals surface area contributed by atoms with E-state index < -0.39 is 0 Å². The largest absolute Gasteiger partial charge is 0.432 e. The summed E-state index contributed by atoms with van der Waals surface area (Å²) in [6, 6.07) is 0. The molecule has 0 aromatic rings. The molecule has 1 heterocycles. The fourth-order valence-corrected chi connectivity index (χ4v) is 1.12. The molecule has 10 heavy (non-hydrogen) atoms. The zero-order valence-corrected chi connectivity index (χ0v) is 6.39. The molecule has 0 saturated carbocycles. The normalized spacial score (nSPS) is 25.6. The predicted octanol–water partition coefficient (Wildman–Crippen LogP) is 1.86. The van der Waals surface area contributed by atoms with Crippen LogP contribution in [-0.4, -0.2) is 5.97 Å².